The number of nitrogens with one attached hydrogen (secondary N) is 2. The molecule has 1 rings (SSSR count). The Morgan fingerprint density at radius 3 is 2.70 bits per heavy atom. The number of carboxylic acids is 1. The average molecular weight is 318 g/mol. The first-order valence-corrected chi connectivity index (χ1v) is 7.56. The molecule has 0 atom stereocenters. The monoisotopic (exact) mass is 318 g/mol. The molecule has 0 saturated heterocycles. The van der Waals surface area contributed by atoms with Gasteiger partial charge >= 0.3 is 5.97 Å². The van der Waals surface area contributed by atoms with Gasteiger partial charge in [0.25, 0.3) is 5.91 Å². The minimum atomic E-state index is -1.08. The third kappa shape index (κ3) is 7.80. The molecule has 2 amide bonds. The Labute approximate surface area is 135 Å². The Kier molecular flexibility index (Phi) is 8.13. The lowest BCUT2D eigenvalue weighted by molar-refractivity contribution is -0.135. The van der Waals surface area contributed by atoms with Crippen molar-refractivity contribution in [3.8, 4) is 0 Å². The Bertz CT molecular complexity index is 582. The molecule has 1 aromatic carbocycles. The molecule has 0 bridgehead atoms. The molecule has 0 heterocycles. The van der Waals surface area contributed by atoms with Gasteiger partial charge in [0, 0.05) is 18.5 Å². The van der Waals surface area contributed by atoms with Crippen molar-refractivity contribution in [1.82, 2.24) is 10.6 Å². The fourth-order valence-electron chi connectivity index (χ4n) is 1.93. The van der Waals surface area contributed by atoms with Crippen LogP contribution in [0.15, 0.2) is 30.3 Å². The second kappa shape index (κ2) is 10.2. The molecule has 23 heavy (non-hydrogen) atoms. The van der Waals surface area contributed by atoms with Crippen molar-refractivity contribution in [2.45, 2.75) is 26.2 Å². The summed E-state index contributed by atoms with van der Waals surface area (Å²) < 4.78 is 0. The first-order chi connectivity index (χ1) is 11.0. The van der Waals surface area contributed by atoms with Crippen LogP contribution < -0.4 is 10.6 Å². The molecule has 1 aromatic rings. The highest BCUT2D eigenvalue weighted by Gasteiger charge is 2.06. The fourth-order valence-corrected chi connectivity index (χ4v) is 1.93. The summed E-state index contributed by atoms with van der Waals surface area (Å²) in [6.45, 7) is 2.13. The smallest absolute Gasteiger partial charge is 0.322 e. The van der Waals surface area contributed by atoms with Gasteiger partial charge in [-0.1, -0.05) is 24.3 Å². The van der Waals surface area contributed by atoms with Gasteiger partial charge in [-0.2, -0.15) is 0 Å². The van der Waals surface area contributed by atoms with Crippen molar-refractivity contribution < 1.29 is 19.5 Å². The van der Waals surface area contributed by atoms with Gasteiger partial charge in [-0.3, -0.25) is 14.4 Å². The predicted octanol–water partition coefficient (Wildman–Crippen LogP) is 1.82. The van der Waals surface area contributed by atoms with Gasteiger partial charge in [0.15, 0.2) is 0 Å². The zero-order valence-corrected chi connectivity index (χ0v) is 13.2. The predicted molar refractivity (Wildman–Crippen MR) is 88.0 cm³/mol. The van der Waals surface area contributed by atoms with E-state index in [0.29, 0.717) is 18.5 Å². The van der Waals surface area contributed by atoms with Crippen LogP contribution in [-0.4, -0.2) is 36.0 Å². The first-order valence-electron chi connectivity index (χ1n) is 7.56. The molecule has 0 fully saturated rings. The summed E-state index contributed by atoms with van der Waals surface area (Å²) in [6.07, 6.45) is 5.86. The van der Waals surface area contributed by atoms with E-state index in [1.807, 2.05) is 25.1 Å². The van der Waals surface area contributed by atoms with Crippen LogP contribution in [0.3, 0.4) is 0 Å². The van der Waals surface area contributed by atoms with Crippen LogP contribution >= 0.6 is 0 Å². The summed E-state index contributed by atoms with van der Waals surface area (Å²) in [5, 5.41) is 13.6. The number of aliphatic carboxylic acids is 1. The molecule has 0 saturated carbocycles. The molecule has 124 valence electrons. The molecule has 3 N–H and O–H groups in total. The number of hydrogen-bond donors (Lipinski definition) is 3. The maximum atomic E-state index is 11.8. The van der Waals surface area contributed by atoms with Crippen LogP contribution in [0, 0.1) is 0 Å². The maximum absolute atomic E-state index is 11.8. The fraction of sp³-hybridized carbons (Fsp3) is 0.353. The topological polar surface area (TPSA) is 95.5 Å². The van der Waals surface area contributed by atoms with E-state index in [9.17, 15) is 14.4 Å². The van der Waals surface area contributed by atoms with Gasteiger partial charge in [0.2, 0.25) is 5.91 Å². The summed E-state index contributed by atoms with van der Waals surface area (Å²) in [7, 11) is 0. The molecule has 0 aliphatic carbocycles. The van der Waals surface area contributed by atoms with Crippen LogP contribution in [0.1, 0.15) is 42.1 Å². The number of carbonyl (C=O) groups excluding carboxylic acids is 2. The second-order valence-corrected chi connectivity index (χ2v) is 4.95. The number of rotatable bonds is 9. The van der Waals surface area contributed by atoms with Crippen molar-refractivity contribution in [1.29, 1.82) is 0 Å². The quantitative estimate of drug-likeness (QED) is 0.605. The summed E-state index contributed by atoms with van der Waals surface area (Å²) in [5.41, 5.74) is 1.27. The van der Waals surface area contributed by atoms with E-state index >= 15 is 0 Å². The first kappa shape index (κ1) is 18.4. The third-order valence-electron chi connectivity index (χ3n) is 3.01. The molecule has 0 aliphatic rings. The zero-order valence-electron chi connectivity index (χ0n) is 13.2. The molecule has 6 heteroatoms. The highest BCUT2D eigenvalue weighted by molar-refractivity contribution is 5.96. The molecule has 0 radical (unpaired) electrons. The highest BCUT2D eigenvalue weighted by atomic mass is 16.4. The number of benzene rings is 1. The van der Waals surface area contributed by atoms with Crippen LogP contribution in [0.5, 0.6) is 0 Å². The number of hydrogen-bond acceptors (Lipinski definition) is 3. The van der Waals surface area contributed by atoms with E-state index in [2.05, 4.69) is 10.6 Å². The van der Waals surface area contributed by atoms with E-state index in [0.717, 1.165) is 18.4 Å². The Morgan fingerprint density at radius 1 is 1.22 bits per heavy atom. The molecular formula is C17H22N2O4. The Balaban J connectivity index is 2.47. The molecule has 0 unspecified atom stereocenters. The van der Waals surface area contributed by atoms with Gasteiger partial charge in [-0.15, -0.1) is 0 Å². The minimum Gasteiger partial charge on any atom is -0.480 e. The Morgan fingerprint density at radius 2 is 2.00 bits per heavy atom. The number of carbonyl (C=O) groups is 3. The van der Waals surface area contributed by atoms with Crippen molar-refractivity contribution in [2.24, 2.45) is 0 Å². The minimum absolute atomic E-state index is 0.0537. The number of amides is 2. The van der Waals surface area contributed by atoms with Crippen LogP contribution in [0.4, 0.5) is 0 Å². The molecule has 0 spiro atoms. The van der Waals surface area contributed by atoms with Crippen molar-refractivity contribution in [2.75, 3.05) is 13.1 Å². The van der Waals surface area contributed by atoms with Crippen molar-refractivity contribution in [3.63, 3.8) is 0 Å². The number of allylic oxidation sites excluding steroid dienone is 1. The molecule has 6 nitrogen and oxygen atoms in total. The summed E-state index contributed by atoms with van der Waals surface area (Å²) in [6, 6.07) is 6.92. The van der Waals surface area contributed by atoms with E-state index in [-0.39, 0.29) is 5.91 Å². The summed E-state index contributed by atoms with van der Waals surface area (Å²) in [4.78, 5) is 33.5. The van der Waals surface area contributed by atoms with Crippen LogP contribution in [-0.2, 0) is 9.59 Å². The normalized spacial score (nSPS) is 10.5. The van der Waals surface area contributed by atoms with Gasteiger partial charge in [0.1, 0.15) is 6.54 Å². The zero-order chi connectivity index (χ0) is 17.1. The molecule has 0 aliphatic heterocycles. The van der Waals surface area contributed by atoms with Gasteiger partial charge in [-0.25, -0.2) is 0 Å². The molecular weight excluding hydrogens is 296 g/mol. The van der Waals surface area contributed by atoms with E-state index in [1.54, 1.807) is 18.2 Å². The van der Waals surface area contributed by atoms with Crippen molar-refractivity contribution >= 4 is 23.9 Å². The molecule has 0 aromatic heterocycles. The van der Waals surface area contributed by atoms with Crippen LogP contribution in [0.25, 0.3) is 6.08 Å². The SMILES string of the molecule is CCNC(=O)CCC/C=C\c1cccc(C(=O)NCC(=O)O)c1. The average Bonchev–Trinajstić information content (AvgIpc) is 2.52. The van der Waals surface area contributed by atoms with E-state index < -0.39 is 18.4 Å². The van der Waals surface area contributed by atoms with Gasteiger partial charge < -0.3 is 15.7 Å². The van der Waals surface area contributed by atoms with E-state index in [1.165, 1.54) is 0 Å². The largest absolute Gasteiger partial charge is 0.480 e. The summed E-state index contributed by atoms with van der Waals surface area (Å²) >= 11 is 0. The van der Waals surface area contributed by atoms with Gasteiger partial charge in [-0.05, 0) is 37.5 Å². The lowest BCUT2D eigenvalue weighted by atomic mass is 10.1. The number of carboxylic acid groups (broad SMARTS) is 1. The standard InChI is InChI=1S/C17H22N2O4/c1-2-18-15(20)10-5-3-4-7-13-8-6-9-14(11-13)17(23)19-12-16(21)22/h4,6-9,11H,2-3,5,10,12H2,1H3,(H,18,20)(H,19,23)(H,21,22)/b7-4-. The third-order valence-corrected chi connectivity index (χ3v) is 3.01. The van der Waals surface area contributed by atoms with E-state index in [4.69, 9.17) is 5.11 Å². The lowest BCUT2D eigenvalue weighted by Gasteiger charge is -2.03. The number of unbranched alkanes of at least 4 members (excludes halogenated alkanes) is 1. The van der Waals surface area contributed by atoms with Crippen molar-refractivity contribution in [3.05, 3.63) is 41.5 Å². The Hall–Kier alpha value is -2.63. The van der Waals surface area contributed by atoms with Gasteiger partial charge in [0.05, 0.1) is 0 Å². The second-order valence-electron chi connectivity index (χ2n) is 4.95. The highest BCUT2D eigenvalue weighted by Crippen LogP contribution is 2.08. The summed E-state index contributed by atoms with van der Waals surface area (Å²) in [5.74, 6) is -1.45. The maximum Gasteiger partial charge on any atom is 0.322 e. The lowest BCUT2D eigenvalue weighted by Crippen LogP contribution is -2.29. The van der Waals surface area contributed by atoms with Crippen LogP contribution in [0.2, 0.25) is 0 Å².